The van der Waals surface area contributed by atoms with Crippen LogP contribution in [-0.4, -0.2) is 34.7 Å². The molecule has 23 heavy (non-hydrogen) atoms. The number of amides is 1. The number of carbonyl (C=O) groups is 1. The molecule has 122 valence electrons. The number of aryl methyl sites for hydroxylation is 1. The number of aliphatic hydroxyl groups excluding tert-OH is 1. The fourth-order valence-electron chi connectivity index (χ4n) is 2.50. The maximum Gasteiger partial charge on any atom is 0.243 e. The highest BCUT2D eigenvalue weighted by molar-refractivity contribution is 7.15. The molecule has 2 aromatic rings. The molecule has 2 heterocycles. The minimum Gasteiger partial charge on any atom is -0.392 e. The molecule has 0 spiro atoms. The van der Waals surface area contributed by atoms with E-state index < -0.39 is 6.10 Å². The van der Waals surface area contributed by atoms with Crippen LogP contribution in [0.25, 0.3) is 0 Å². The van der Waals surface area contributed by atoms with Crippen molar-refractivity contribution in [2.75, 3.05) is 11.9 Å². The second-order valence-electron chi connectivity index (χ2n) is 5.73. The van der Waals surface area contributed by atoms with Gasteiger partial charge in [-0.3, -0.25) is 4.79 Å². The zero-order valence-electron chi connectivity index (χ0n) is 12.7. The van der Waals surface area contributed by atoms with E-state index in [1.54, 1.807) is 6.20 Å². The highest BCUT2D eigenvalue weighted by Crippen LogP contribution is 2.24. The van der Waals surface area contributed by atoms with Crippen LogP contribution in [0.5, 0.6) is 0 Å². The van der Waals surface area contributed by atoms with E-state index in [0.29, 0.717) is 18.1 Å². The van der Waals surface area contributed by atoms with Crippen molar-refractivity contribution in [2.45, 2.75) is 31.9 Å². The highest BCUT2D eigenvalue weighted by atomic mass is 35.5. The number of carbonyl (C=O) groups excluding carboxylic acids is 1. The van der Waals surface area contributed by atoms with Crippen LogP contribution in [0, 0.1) is 6.92 Å². The van der Waals surface area contributed by atoms with Crippen molar-refractivity contribution in [1.29, 1.82) is 0 Å². The number of aliphatic hydroxyl groups is 1. The van der Waals surface area contributed by atoms with Crippen molar-refractivity contribution in [3.8, 4) is 0 Å². The molecule has 0 aliphatic carbocycles. The molecule has 1 aliphatic rings. The predicted molar refractivity (Wildman–Crippen MR) is 92.2 cm³/mol. The van der Waals surface area contributed by atoms with Gasteiger partial charge >= 0.3 is 0 Å². The van der Waals surface area contributed by atoms with Crippen molar-refractivity contribution in [3.05, 3.63) is 45.4 Å². The number of benzene rings is 1. The lowest BCUT2D eigenvalue weighted by molar-refractivity contribution is -0.117. The number of halogens is 1. The molecule has 1 saturated heterocycles. The Morgan fingerprint density at radius 3 is 3.09 bits per heavy atom. The molecule has 0 saturated carbocycles. The lowest BCUT2D eigenvalue weighted by Crippen LogP contribution is -2.35. The Bertz CT molecular complexity index is 719. The number of nitrogens with one attached hydrogen (secondary N) is 2. The predicted octanol–water partition coefficient (Wildman–Crippen LogP) is 2.36. The largest absolute Gasteiger partial charge is 0.392 e. The van der Waals surface area contributed by atoms with Gasteiger partial charge in [0.2, 0.25) is 5.91 Å². The van der Waals surface area contributed by atoms with Crippen LogP contribution < -0.4 is 10.6 Å². The van der Waals surface area contributed by atoms with Crippen LogP contribution in [0.4, 0.5) is 5.13 Å². The zero-order valence-corrected chi connectivity index (χ0v) is 14.2. The molecule has 1 fully saturated rings. The Morgan fingerprint density at radius 2 is 2.39 bits per heavy atom. The van der Waals surface area contributed by atoms with E-state index >= 15 is 0 Å². The first kappa shape index (κ1) is 16.4. The van der Waals surface area contributed by atoms with E-state index in [2.05, 4.69) is 15.6 Å². The van der Waals surface area contributed by atoms with Crippen molar-refractivity contribution < 1.29 is 9.90 Å². The van der Waals surface area contributed by atoms with Gasteiger partial charge in [0.25, 0.3) is 0 Å². The molecule has 0 radical (unpaired) electrons. The van der Waals surface area contributed by atoms with Crippen LogP contribution >= 0.6 is 22.9 Å². The van der Waals surface area contributed by atoms with Gasteiger partial charge < -0.3 is 15.7 Å². The normalized spacial score (nSPS) is 20.7. The summed E-state index contributed by atoms with van der Waals surface area (Å²) in [6, 6.07) is 5.65. The Balaban J connectivity index is 1.61. The average molecular weight is 352 g/mol. The summed E-state index contributed by atoms with van der Waals surface area (Å²) in [4.78, 5) is 17.4. The molecule has 1 aromatic heterocycles. The molecule has 1 aromatic carbocycles. The maximum absolute atomic E-state index is 12.1. The molecule has 3 N–H and O–H groups in total. The van der Waals surface area contributed by atoms with E-state index in [9.17, 15) is 9.90 Å². The van der Waals surface area contributed by atoms with Gasteiger partial charge in [-0.25, -0.2) is 4.98 Å². The van der Waals surface area contributed by atoms with Crippen molar-refractivity contribution in [3.63, 3.8) is 0 Å². The quantitative estimate of drug-likeness (QED) is 0.790. The fraction of sp³-hybridized carbons (Fsp3) is 0.375. The number of hydrogen-bond acceptors (Lipinski definition) is 5. The second kappa shape index (κ2) is 6.97. The van der Waals surface area contributed by atoms with Crippen LogP contribution in [-0.2, 0) is 11.2 Å². The molecule has 1 amide bonds. The third kappa shape index (κ3) is 4.09. The van der Waals surface area contributed by atoms with Crippen molar-refractivity contribution in [2.24, 2.45) is 0 Å². The molecule has 7 heteroatoms. The number of nitrogens with zero attached hydrogens (tertiary/aromatic N) is 1. The lowest BCUT2D eigenvalue weighted by atomic mass is 10.1. The monoisotopic (exact) mass is 351 g/mol. The molecule has 0 unspecified atom stereocenters. The van der Waals surface area contributed by atoms with E-state index in [1.165, 1.54) is 11.3 Å². The van der Waals surface area contributed by atoms with Crippen molar-refractivity contribution >= 4 is 34.0 Å². The minimum atomic E-state index is -0.455. The second-order valence-corrected chi connectivity index (χ2v) is 7.25. The maximum atomic E-state index is 12.1. The smallest absolute Gasteiger partial charge is 0.243 e. The van der Waals surface area contributed by atoms with Gasteiger partial charge in [0.05, 0.1) is 12.1 Å². The number of hydrogen-bond donors (Lipinski definition) is 3. The molecule has 5 nitrogen and oxygen atoms in total. The molecule has 2 atom stereocenters. The summed E-state index contributed by atoms with van der Waals surface area (Å²) in [7, 11) is 0. The van der Waals surface area contributed by atoms with Gasteiger partial charge in [-0.15, -0.1) is 11.3 Å². The molecular weight excluding hydrogens is 334 g/mol. The van der Waals surface area contributed by atoms with Crippen LogP contribution in [0.3, 0.4) is 0 Å². The molecule has 1 aliphatic heterocycles. The van der Waals surface area contributed by atoms with E-state index in [4.69, 9.17) is 11.6 Å². The number of anilines is 1. The number of thiazole rings is 1. The lowest BCUT2D eigenvalue weighted by Gasteiger charge is -2.08. The van der Waals surface area contributed by atoms with Gasteiger partial charge in [-0.2, -0.15) is 0 Å². The summed E-state index contributed by atoms with van der Waals surface area (Å²) in [6.45, 7) is 2.43. The fourth-order valence-corrected chi connectivity index (χ4v) is 3.56. The first-order valence-electron chi connectivity index (χ1n) is 7.43. The Morgan fingerprint density at radius 1 is 1.57 bits per heavy atom. The van der Waals surface area contributed by atoms with Gasteiger partial charge in [0.15, 0.2) is 5.13 Å². The number of aromatic nitrogens is 1. The van der Waals surface area contributed by atoms with Crippen molar-refractivity contribution in [1.82, 2.24) is 10.3 Å². The summed E-state index contributed by atoms with van der Waals surface area (Å²) < 4.78 is 0. The first-order valence-corrected chi connectivity index (χ1v) is 8.63. The molecular formula is C16H18ClN3O2S. The van der Waals surface area contributed by atoms with E-state index in [-0.39, 0.29) is 11.9 Å². The number of β-amino-alcohol motifs (C(OH)–C–C–N with tert-alkyl or cyclic N) is 1. The van der Waals surface area contributed by atoms with Crippen LogP contribution in [0.1, 0.15) is 22.4 Å². The summed E-state index contributed by atoms with van der Waals surface area (Å²) in [5, 5.41) is 16.6. The van der Waals surface area contributed by atoms with Gasteiger partial charge in [0, 0.05) is 29.1 Å². The zero-order chi connectivity index (χ0) is 16.4. The Kier molecular flexibility index (Phi) is 4.96. The van der Waals surface area contributed by atoms with E-state index in [1.807, 2.05) is 25.1 Å². The highest BCUT2D eigenvalue weighted by Gasteiger charge is 2.28. The van der Waals surface area contributed by atoms with Crippen LogP contribution in [0.15, 0.2) is 24.4 Å². The van der Waals surface area contributed by atoms with Crippen LogP contribution in [0.2, 0.25) is 5.02 Å². The topological polar surface area (TPSA) is 74.2 Å². The van der Waals surface area contributed by atoms with E-state index in [0.717, 1.165) is 27.4 Å². The third-order valence-corrected chi connectivity index (χ3v) is 5.14. The summed E-state index contributed by atoms with van der Waals surface area (Å²) in [5.41, 5.74) is 2.17. The SMILES string of the molecule is Cc1ccc(Cc2cnc(NC(=O)[C@@H]3C[C@@H](O)CN3)s2)cc1Cl. The Hall–Kier alpha value is -1.47. The summed E-state index contributed by atoms with van der Waals surface area (Å²) in [5.74, 6) is -0.152. The first-order chi connectivity index (χ1) is 11.0. The average Bonchev–Trinajstić information content (AvgIpc) is 3.12. The number of rotatable bonds is 4. The standard InChI is InChI=1S/C16H18ClN3O2S/c1-9-2-3-10(5-13(9)17)4-12-8-19-16(23-12)20-15(22)14-6-11(21)7-18-14/h2-3,5,8,11,14,18,21H,4,6-7H2,1H3,(H,19,20,22)/t11-,14+/m1/s1. The third-order valence-electron chi connectivity index (χ3n) is 3.82. The Labute approximate surface area is 143 Å². The summed E-state index contributed by atoms with van der Waals surface area (Å²) in [6.07, 6.45) is 2.48. The summed E-state index contributed by atoms with van der Waals surface area (Å²) >= 11 is 7.59. The van der Waals surface area contributed by atoms with Gasteiger partial charge in [-0.1, -0.05) is 23.7 Å². The molecule has 0 bridgehead atoms. The van der Waals surface area contributed by atoms with Gasteiger partial charge in [0.1, 0.15) is 0 Å². The molecule has 3 rings (SSSR count). The minimum absolute atomic E-state index is 0.152. The van der Waals surface area contributed by atoms with Gasteiger partial charge in [-0.05, 0) is 30.5 Å².